The molecule has 4 nitrogen and oxygen atoms in total. The molecule has 0 bridgehead atoms. The Balaban J connectivity index is 2.03. The first-order valence-corrected chi connectivity index (χ1v) is 6.90. The second-order valence-electron chi connectivity index (χ2n) is 5.33. The third kappa shape index (κ3) is 3.70. The molecule has 1 saturated heterocycles. The number of nitrogens with one attached hydrogen (secondary N) is 1. The van der Waals surface area contributed by atoms with Crippen LogP contribution in [-0.4, -0.2) is 44.7 Å². The number of hydrogen-bond donors (Lipinski definition) is 1. The summed E-state index contributed by atoms with van der Waals surface area (Å²) in [5.74, 6) is -0.412. The smallest absolute Gasteiger partial charge is 0.340 e. The van der Waals surface area contributed by atoms with Gasteiger partial charge in [-0.05, 0) is 50.6 Å². The summed E-state index contributed by atoms with van der Waals surface area (Å²) >= 11 is 0. The van der Waals surface area contributed by atoms with Crippen LogP contribution in [0.2, 0.25) is 0 Å². The van der Waals surface area contributed by atoms with E-state index in [-0.39, 0.29) is 5.56 Å². The molecule has 1 N–H and O–H groups in total. The summed E-state index contributed by atoms with van der Waals surface area (Å²) in [5, 5.41) is 3.25. The number of carbonyl (C=O) groups is 1. The summed E-state index contributed by atoms with van der Waals surface area (Å²) in [7, 11) is 3.41. The van der Waals surface area contributed by atoms with Gasteiger partial charge in [-0.2, -0.15) is 0 Å². The minimum atomic E-state index is -0.521. The van der Waals surface area contributed by atoms with Crippen molar-refractivity contribution in [2.75, 3.05) is 39.1 Å². The van der Waals surface area contributed by atoms with Crippen LogP contribution < -0.4 is 5.32 Å². The van der Waals surface area contributed by atoms with Gasteiger partial charge in [-0.1, -0.05) is 0 Å². The molecule has 1 aromatic carbocycles. The van der Waals surface area contributed by atoms with Crippen LogP contribution in [0.3, 0.4) is 0 Å². The number of esters is 1. The Bertz CT molecular complexity index is 479. The number of methoxy groups -OCH3 is 1. The van der Waals surface area contributed by atoms with E-state index in [1.165, 1.54) is 32.1 Å². The number of nitrogens with zero attached hydrogens (tertiary/aromatic N) is 1. The summed E-state index contributed by atoms with van der Waals surface area (Å²) in [6.07, 6.45) is 2.36. The maximum absolute atomic E-state index is 13.2. The van der Waals surface area contributed by atoms with Crippen LogP contribution in [0.15, 0.2) is 18.2 Å². The topological polar surface area (TPSA) is 41.6 Å². The average molecular weight is 280 g/mol. The summed E-state index contributed by atoms with van der Waals surface area (Å²) in [4.78, 5) is 14.0. The molecule has 2 rings (SSSR count). The van der Waals surface area contributed by atoms with E-state index in [0.717, 1.165) is 19.6 Å². The van der Waals surface area contributed by atoms with Crippen molar-refractivity contribution < 1.29 is 13.9 Å². The monoisotopic (exact) mass is 280 g/mol. The molecule has 110 valence electrons. The lowest BCUT2D eigenvalue weighted by molar-refractivity contribution is 0.0601. The molecule has 1 atom stereocenters. The van der Waals surface area contributed by atoms with Crippen molar-refractivity contribution in [3.63, 3.8) is 0 Å². The third-order valence-electron chi connectivity index (χ3n) is 3.69. The van der Waals surface area contributed by atoms with Crippen LogP contribution in [0.1, 0.15) is 23.2 Å². The molecule has 0 saturated carbocycles. The van der Waals surface area contributed by atoms with E-state index in [9.17, 15) is 9.18 Å². The van der Waals surface area contributed by atoms with Crippen molar-refractivity contribution in [2.45, 2.75) is 12.8 Å². The fraction of sp³-hybridized carbons (Fsp3) is 0.533. The fourth-order valence-electron chi connectivity index (χ4n) is 2.64. The second-order valence-corrected chi connectivity index (χ2v) is 5.33. The van der Waals surface area contributed by atoms with Gasteiger partial charge in [0, 0.05) is 18.8 Å². The summed E-state index contributed by atoms with van der Waals surface area (Å²) in [6.45, 7) is 2.96. The molecule has 1 unspecified atom stereocenters. The van der Waals surface area contributed by atoms with Crippen molar-refractivity contribution in [2.24, 2.45) is 5.92 Å². The zero-order valence-corrected chi connectivity index (χ0v) is 12.0. The SMILES string of the molecule is COC(=O)c1cc(F)ccc1NCC1CCCN(C)C1. The quantitative estimate of drug-likeness (QED) is 0.860. The van der Waals surface area contributed by atoms with E-state index in [2.05, 4.69) is 22.0 Å². The average Bonchev–Trinajstić information content (AvgIpc) is 2.45. The van der Waals surface area contributed by atoms with Crippen molar-refractivity contribution in [3.8, 4) is 0 Å². The van der Waals surface area contributed by atoms with Gasteiger partial charge < -0.3 is 15.0 Å². The highest BCUT2D eigenvalue weighted by atomic mass is 19.1. The van der Waals surface area contributed by atoms with Gasteiger partial charge in [0.2, 0.25) is 0 Å². The summed E-state index contributed by atoms with van der Waals surface area (Å²) in [5.41, 5.74) is 0.878. The van der Waals surface area contributed by atoms with E-state index in [0.29, 0.717) is 11.6 Å². The molecule has 1 heterocycles. The third-order valence-corrected chi connectivity index (χ3v) is 3.69. The molecule has 0 amide bonds. The molecular formula is C15H21FN2O2. The Kier molecular flexibility index (Phi) is 4.95. The van der Waals surface area contributed by atoms with E-state index in [4.69, 9.17) is 0 Å². The van der Waals surface area contributed by atoms with Crippen LogP contribution in [0.25, 0.3) is 0 Å². The molecule has 1 aliphatic heterocycles. The lowest BCUT2D eigenvalue weighted by Gasteiger charge is -2.30. The Morgan fingerprint density at radius 1 is 1.55 bits per heavy atom. The van der Waals surface area contributed by atoms with Gasteiger partial charge in [0.25, 0.3) is 0 Å². The number of halogens is 1. The number of carbonyl (C=O) groups excluding carboxylic acids is 1. The van der Waals surface area contributed by atoms with Crippen molar-refractivity contribution >= 4 is 11.7 Å². The molecular weight excluding hydrogens is 259 g/mol. The summed E-state index contributed by atoms with van der Waals surface area (Å²) < 4.78 is 17.9. The highest BCUT2D eigenvalue weighted by Gasteiger charge is 2.18. The molecule has 0 radical (unpaired) electrons. The molecule has 0 spiro atoms. The highest BCUT2D eigenvalue weighted by Crippen LogP contribution is 2.21. The van der Waals surface area contributed by atoms with Crippen molar-refractivity contribution in [3.05, 3.63) is 29.6 Å². The lowest BCUT2D eigenvalue weighted by Crippen LogP contribution is -2.35. The molecule has 0 aromatic heterocycles. The Hall–Kier alpha value is -1.62. The number of ether oxygens (including phenoxy) is 1. The molecule has 20 heavy (non-hydrogen) atoms. The van der Waals surface area contributed by atoms with E-state index >= 15 is 0 Å². The molecule has 5 heteroatoms. The van der Waals surface area contributed by atoms with Gasteiger partial charge in [-0.15, -0.1) is 0 Å². The Morgan fingerprint density at radius 3 is 3.05 bits per heavy atom. The summed E-state index contributed by atoms with van der Waals surface area (Å²) in [6, 6.07) is 4.15. The van der Waals surface area contributed by atoms with E-state index in [1.54, 1.807) is 6.07 Å². The Morgan fingerprint density at radius 2 is 2.35 bits per heavy atom. The van der Waals surface area contributed by atoms with Crippen LogP contribution in [0.4, 0.5) is 10.1 Å². The van der Waals surface area contributed by atoms with Gasteiger partial charge in [-0.3, -0.25) is 0 Å². The second kappa shape index (κ2) is 6.70. The molecule has 0 aliphatic carbocycles. The zero-order valence-electron chi connectivity index (χ0n) is 12.0. The van der Waals surface area contributed by atoms with Gasteiger partial charge >= 0.3 is 5.97 Å². The molecule has 1 fully saturated rings. The largest absolute Gasteiger partial charge is 0.465 e. The number of piperidine rings is 1. The van der Waals surface area contributed by atoms with Crippen LogP contribution in [-0.2, 0) is 4.74 Å². The predicted octanol–water partition coefficient (Wildman–Crippen LogP) is 2.37. The Labute approximate surface area is 118 Å². The standard InChI is InChI=1S/C15H21FN2O2/c1-18-7-3-4-11(10-18)9-17-14-6-5-12(16)8-13(14)15(19)20-2/h5-6,8,11,17H,3-4,7,9-10H2,1-2H3. The number of likely N-dealkylation sites (tertiary alicyclic amines) is 1. The normalized spacial score (nSPS) is 19.6. The van der Waals surface area contributed by atoms with Crippen LogP contribution in [0.5, 0.6) is 0 Å². The zero-order chi connectivity index (χ0) is 14.5. The maximum Gasteiger partial charge on any atom is 0.340 e. The first kappa shape index (κ1) is 14.8. The lowest BCUT2D eigenvalue weighted by atomic mass is 9.98. The molecule has 1 aliphatic rings. The number of hydrogen-bond acceptors (Lipinski definition) is 4. The van der Waals surface area contributed by atoms with Crippen LogP contribution >= 0.6 is 0 Å². The first-order chi connectivity index (χ1) is 9.60. The van der Waals surface area contributed by atoms with E-state index in [1.807, 2.05) is 0 Å². The van der Waals surface area contributed by atoms with Crippen LogP contribution in [0, 0.1) is 11.7 Å². The van der Waals surface area contributed by atoms with E-state index < -0.39 is 11.8 Å². The van der Waals surface area contributed by atoms with Gasteiger partial charge in [0.1, 0.15) is 5.82 Å². The van der Waals surface area contributed by atoms with Gasteiger partial charge in [0.05, 0.1) is 12.7 Å². The number of benzene rings is 1. The molecule has 1 aromatic rings. The van der Waals surface area contributed by atoms with Crippen molar-refractivity contribution in [1.29, 1.82) is 0 Å². The fourth-order valence-corrected chi connectivity index (χ4v) is 2.64. The van der Waals surface area contributed by atoms with Crippen molar-refractivity contribution in [1.82, 2.24) is 4.90 Å². The predicted molar refractivity (Wildman–Crippen MR) is 76.5 cm³/mol. The first-order valence-electron chi connectivity index (χ1n) is 6.90. The minimum absolute atomic E-state index is 0.247. The maximum atomic E-state index is 13.2. The highest BCUT2D eigenvalue weighted by molar-refractivity contribution is 5.95. The van der Waals surface area contributed by atoms with Gasteiger partial charge in [0.15, 0.2) is 0 Å². The number of rotatable bonds is 4. The van der Waals surface area contributed by atoms with Gasteiger partial charge in [-0.25, -0.2) is 9.18 Å². The minimum Gasteiger partial charge on any atom is -0.465 e. The number of anilines is 1.